The van der Waals surface area contributed by atoms with E-state index in [1.54, 1.807) is 18.9 Å². The molecule has 2 rings (SSSR count). The van der Waals surface area contributed by atoms with E-state index < -0.39 is 6.10 Å². The van der Waals surface area contributed by atoms with Crippen molar-refractivity contribution in [2.45, 2.75) is 16.2 Å². The minimum Gasteiger partial charge on any atom is -0.389 e. The van der Waals surface area contributed by atoms with Crippen molar-refractivity contribution in [2.24, 2.45) is 0 Å². The van der Waals surface area contributed by atoms with E-state index in [-0.39, 0.29) is 5.25 Å². The molecule has 0 bridgehead atoms. The number of methoxy groups -OCH3 is 1. The van der Waals surface area contributed by atoms with E-state index in [9.17, 15) is 5.11 Å². The van der Waals surface area contributed by atoms with Crippen LogP contribution in [0.25, 0.3) is 0 Å². The molecule has 0 saturated heterocycles. The number of thioether (sulfide) groups is 1. The third-order valence-corrected chi connectivity index (χ3v) is 4.80. The molecule has 1 N–H and O–H groups in total. The second-order valence-electron chi connectivity index (χ2n) is 4.43. The van der Waals surface area contributed by atoms with Crippen molar-refractivity contribution in [3.8, 4) is 0 Å². The van der Waals surface area contributed by atoms with E-state index >= 15 is 0 Å². The van der Waals surface area contributed by atoms with Crippen LogP contribution in [0.5, 0.6) is 0 Å². The first-order valence-electron chi connectivity index (χ1n) is 6.35. The van der Waals surface area contributed by atoms with Gasteiger partial charge < -0.3 is 9.84 Å². The SMILES string of the molecule is COC[C@H](O)[C@H](Sc1ccc(Br)cc1)c1ccccc1. The van der Waals surface area contributed by atoms with Crippen LogP contribution in [0.1, 0.15) is 10.8 Å². The number of aliphatic hydroxyl groups is 1. The van der Waals surface area contributed by atoms with Gasteiger partial charge in [0.2, 0.25) is 0 Å². The molecule has 0 saturated carbocycles. The van der Waals surface area contributed by atoms with Crippen LogP contribution in [0.4, 0.5) is 0 Å². The van der Waals surface area contributed by atoms with Gasteiger partial charge in [-0.15, -0.1) is 11.8 Å². The van der Waals surface area contributed by atoms with Crippen LogP contribution in [0, 0.1) is 0 Å². The highest BCUT2D eigenvalue weighted by Crippen LogP contribution is 2.38. The van der Waals surface area contributed by atoms with Gasteiger partial charge in [-0.25, -0.2) is 0 Å². The molecule has 0 spiro atoms. The van der Waals surface area contributed by atoms with Crippen LogP contribution in [0.3, 0.4) is 0 Å². The fourth-order valence-corrected chi connectivity index (χ4v) is 3.31. The van der Waals surface area contributed by atoms with Crippen molar-refractivity contribution in [3.63, 3.8) is 0 Å². The maximum Gasteiger partial charge on any atom is 0.0936 e. The van der Waals surface area contributed by atoms with Gasteiger partial charge in [-0.1, -0.05) is 46.3 Å². The standard InChI is InChI=1S/C16H17BrO2S/c1-19-11-15(18)16(12-5-3-2-4-6-12)20-14-9-7-13(17)8-10-14/h2-10,15-16,18H,11H2,1H3/t15-,16+/m0/s1. The van der Waals surface area contributed by atoms with Gasteiger partial charge in [0.15, 0.2) is 0 Å². The molecule has 0 amide bonds. The summed E-state index contributed by atoms with van der Waals surface area (Å²) in [7, 11) is 1.61. The zero-order valence-corrected chi connectivity index (χ0v) is 13.6. The Morgan fingerprint density at radius 1 is 1.10 bits per heavy atom. The fraction of sp³-hybridized carbons (Fsp3) is 0.250. The zero-order valence-electron chi connectivity index (χ0n) is 11.2. The van der Waals surface area contributed by atoms with Crippen LogP contribution in [0.2, 0.25) is 0 Å². The predicted molar refractivity (Wildman–Crippen MR) is 87.1 cm³/mol. The van der Waals surface area contributed by atoms with Gasteiger partial charge >= 0.3 is 0 Å². The van der Waals surface area contributed by atoms with Crippen LogP contribution in [-0.4, -0.2) is 24.9 Å². The fourth-order valence-electron chi connectivity index (χ4n) is 1.93. The molecule has 106 valence electrons. The third-order valence-electron chi connectivity index (χ3n) is 2.89. The second-order valence-corrected chi connectivity index (χ2v) is 6.56. The van der Waals surface area contributed by atoms with E-state index in [0.717, 1.165) is 14.9 Å². The lowest BCUT2D eigenvalue weighted by Crippen LogP contribution is -2.21. The number of halogens is 1. The molecule has 0 aromatic heterocycles. The first-order valence-corrected chi connectivity index (χ1v) is 8.02. The molecular formula is C16H17BrO2S. The van der Waals surface area contributed by atoms with E-state index in [4.69, 9.17) is 4.74 Å². The Morgan fingerprint density at radius 3 is 2.35 bits per heavy atom. The Bertz CT molecular complexity index is 516. The van der Waals surface area contributed by atoms with Crippen LogP contribution in [0.15, 0.2) is 64.0 Å². The highest BCUT2D eigenvalue weighted by Gasteiger charge is 2.22. The van der Waals surface area contributed by atoms with Crippen LogP contribution in [-0.2, 0) is 4.74 Å². The molecule has 0 radical (unpaired) electrons. The summed E-state index contributed by atoms with van der Waals surface area (Å²) < 4.78 is 6.14. The van der Waals surface area contributed by atoms with E-state index in [2.05, 4.69) is 15.9 Å². The molecule has 0 aliphatic carbocycles. The van der Waals surface area contributed by atoms with Gasteiger partial charge in [0.1, 0.15) is 0 Å². The molecule has 0 aliphatic heterocycles. The summed E-state index contributed by atoms with van der Waals surface area (Å²) in [5, 5.41) is 10.3. The zero-order chi connectivity index (χ0) is 14.4. The van der Waals surface area contributed by atoms with Crippen LogP contribution < -0.4 is 0 Å². The van der Waals surface area contributed by atoms with Gasteiger partial charge in [-0.3, -0.25) is 0 Å². The van der Waals surface area contributed by atoms with E-state index in [0.29, 0.717) is 6.61 Å². The van der Waals surface area contributed by atoms with E-state index in [1.165, 1.54) is 0 Å². The van der Waals surface area contributed by atoms with Crippen molar-refractivity contribution in [1.29, 1.82) is 0 Å². The molecule has 0 aliphatic rings. The summed E-state index contributed by atoms with van der Waals surface area (Å²) in [4.78, 5) is 1.12. The van der Waals surface area contributed by atoms with Gasteiger partial charge in [0.25, 0.3) is 0 Å². The highest BCUT2D eigenvalue weighted by atomic mass is 79.9. The Labute approximate surface area is 132 Å². The lowest BCUT2D eigenvalue weighted by atomic mass is 10.1. The largest absolute Gasteiger partial charge is 0.389 e. The van der Waals surface area contributed by atoms with Crippen molar-refractivity contribution >= 4 is 27.7 Å². The summed E-state index contributed by atoms with van der Waals surface area (Å²) in [6, 6.07) is 18.1. The van der Waals surface area contributed by atoms with Gasteiger partial charge in [0, 0.05) is 16.5 Å². The maximum atomic E-state index is 10.3. The molecule has 0 heterocycles. The van der Waals surface area contributed by atoms with Crippen molar-refractivity contribution in [2.75, 3.05) is 13.7 Å². The normalized spacial score (nSPS) is 13.9. The van der Waals surface area contributed by atoms with Crippen molar-refractivity contribution < 1.29 is 9.84 Å². The summed E-state index contributed by atoms with van der Waals surface area (Å²) in [6.07, 6.45) is -0.545. The number of hydrogen-bond acceptors (Lipinski definition) is 3. The van der Waals surface area contributed by atoms with Crippen LogP contribution >= 0.6 is 27.7 Å². The highest BCUT2D eigenvalue weighted by molar-refractivity contribution is 9.10. The molecule has 2 nitrogen and oxygen atoms in total. The average Bonchev–Trinajstić information content (AvgIpc) is 2.48. The molecule has 2 atom stereocenters. The smallest absolute Gasteiger partial charge is 0.0936 e. The summed E-state index contributed by atoms with van der Waals surface area (Å²) in [5.74, 6) is 0. The number of hydrogen-bond donors (Lipinski definition) is 1. The minimum atomic E-state index is -0.545. The number of ether oxygens (including phenoxy) is 1. The topological polar surface area (TPSA) is 29.5 Å². The Morgan fingerprint density at radius 2 is 1.75 bits per heavy atom. The summed E-state index contributed by atoms with van der Waals surface area (Å²) >= 11 is 5.08. The summed E-state index contributed by atoms with van der Waals surface area (Å²) in [6.45, 7) is 0.323. The minimum absolute atomic E-state index is 0.0441. The number of rotatable bonds is 6. The molecule has 2 aromatic carbocycles. The Balaban J connectivity index is 2.20. The molecule has 0 fully saturated rings. The Hall–Kier alpha value is -0.810. The maximum absolute atomic E-state index is 10.3. The Kier molecular flexibility index (Phi) is 6.10. The monoisotopic (exact) mass is 352 g/mol. The molecule has 0 unspecified atom stereocenters. The molecule has 20 heavy (non-hydrogen) atoms. The lowest BCUT2D eigenvalue weighted by Gasteiger charge is -2.22. The lowest BCUT2D eigenvalue weighted by molar-refractivity contribution is 0.0631. The molecule has 2 aromatic rings. The number of aliphatic hydroxyl groups excluding tert-OH is 1. The number of benzene rings is 2. The molecular weight excluding hydrogens is 336 g/mol. The first-order chi connectivity index (χ1) is 9.70. The average molecular weight is 353 g/mol. The summed E-state index contributed by atoms with van der Waals surface area (Å²) in [5.41, 5.74) is 1.10. The second kappa shape index (κ2) is 7.84. The third kappa shape index (κ3) is 4.35. The molecule has 4 heteroatoms. The van der Waals surface area contributed by atoms with Crippen molar-refractivity contribution in [1.82, 2.24) is 0 Å². The first kappa shape index (κ1) is 15.6. The predicted octanol–water partition coefficient (Wildman–Crippen LogP) is 4.29. The van der Waals surface area contributed by atoms with E-state index in [1.807, 2.05) is 54.6 Å². The quantitative estimate of drug-likeness (QED) is 0.786. The van der Waals surface area contributed by atoms with Gasteiger partial charge in [-0.2, -0.15) is 0 Å². The van der Waals surface area contributed by atoms with Crippen molar-refractivity contribution in [3.05, 3.63) is 64.6 Å². The van der Waals surface area contributed by atoms with Gasteiger partial charge in [-0.05, 0) is 29.8 Å². The van der Waals surface area contributed by atoms with Gasteiger partial charge in [0.05, 0.1) is 18.0 Å².